The van der Waals surface area contributed by atoms with Crippen molar-refractivity contribution in [1.29, 1.82) is 5.26 Å². The van der Waals surface area contributed by atoms with E-state index in [1.54, 1.807) is 0 Å². The van der Waals surface area contributed by atoms with Crippen LogP contribution in [0.5, 0.6) is 5.75 Å². The third-order valence-corrected chi connectivity index (χ3v) is 3.30. The highest BCUT2D eigenvalue weighted by Gasteiger charge is 2.38. The summed E-state index contributed by atoms with van der Waals surface area (Å²) in [6, 6.07) is 10.5. The van der Waals surface area contributed by atoms with Crippen LogP contribution in [0.3, 0.4) is 0 Å². The zero-order chi connectivity index (χ0) is 11.4. The first-order valence-corrected chi connectivity index (χ1v) is 5.95. The first-order chi connectivity index (χ1) is 7.80. The number of nitriles is 1. The average Bonchev–Trinajstić information content (AvgIpc) is 2.27. The lowest BCUT2D eigenvalue weighted by Crippen LogP contribution is -2.32. The monoisotopic (exact) mass is 215 g/mol. The maximum atomic E-state index is 9.22. The van der Waals surface area contributed by atoms with Gasteiger partial charge in [0.25, 0.3) is 0 Å². The molecular formula is C14H17NO. The molecule has 1 fully saturated rings. The van der Waals surface area contributed by atoms with Crippen LogP contribution in [0.2, 0.25) is 0 Å². The summed E-state index contributed by atoms with van der Waals surface area (Å²) in [6.45, 7) is 2.84. The predicted molar refractivity (Wildman–Crippen MR) is 63.4 cm³/mol. The molecule has 0 saturated heterocycles. The third-order valence-electron chi connectivity index (χ3n) is 3.30. The zero-order valence-electron chi connectivity index (χ0n) is 9.70. The van der Waals surface area contributed by atoms with Gasteiger partial charge in [0.1, 0.15) is 5.75 Å². The Kier molecular flexibility index (Phi) is 3.14. The van der Waals surface area contributed by atoms with Gasteiger partial charge in [-0.2, -0.15) is 5.26 Å². The Labute approximate surface area is 96.9 Å². The van der Waals surface area contributed by atoms with Crippen LogP contribution in [0.15, 0.2) is 24.3 Å². The maximum Gasteiger partial charge on any atom is 0.119 e. The van der Waals surface area contributed by atoms with Crippen LogP contribution in [0.4, 0.5) is 0 Å². The Morgan fingerprint density at radius 3 is 2.44 bits per heavy atom. The molecule has 84 valence electrons. The van der Waals surface area contributed by atoms with Crippen molar-refractivity contribution in [1.82, 2.24) is 0 Å². The molecule has 0 aromatic heterocycles. The second-order valence-electron chi connectivity index (χ2n) is 4.42. The van der Waals surface area contributed by atoms with Gasteiger partial charge in [-0.05, 0) is 43.4 Å². The van der Waals surface area contributed by atoms with E-state index >= 15 is 0 Å². The highest BCUT2D eigenvalue weighted by atomic mass is 16.5. The number of benzene rings is 1. The van der Waals surface area contributed by atoms with Crippen LogP contribution >= 0.6 is 0 Å². The Hall–Kier alpha value is -1.49. The SMILES string of the molecule is CCCOc1ccc(C2(C#N)CCC2)cc1. The number of nitrogens with zero attached hydrogens (tertiary/aromatic N) is 1. The topological polar surface area (TPSA) is 33.0 Å². The lowest BCUT2D eigenvalue weighted by Gasteiger charge is -2.35. The van der Waals surface area contributed by atoms with Crippen molar-refractivity contribution in [3.05, 3.63) is 29.8 Å². The largest absolute Gasteiger partial charge is 0.494 e. The van der Waals surface area contributed by atoms with Gasteiger partial charge in [-0.3, -0.25) is 0 Å². The van der Waals surface area contributed by atoms with Gasteiger partial charge in [-0.25, -0.2) is 0 Å². The molecule has 0 atom stereocenters. The predicted octanol–water partition coefficient (Wildman–Crippen LogP) is 3.42. The van der Waals surface area contributed by atoms with Crippen LogP contribution in [0.25, 0.3) is 0 Å². The molecule has 1 aliphatic carbocycles. The Bertz CT molecular complexity index is 384. The molecule has 1 aliphatic rings. The summed E-state index contributed by atoms with van der Waals surface area (Å²) in [4.78, 5) is 0. The third kappa shape index (κ3) is 1.90. The Morgan fingerprint density at radius 2 is 2.00 bits per heavy atom. The number of ether oxygens (including phenoxy) is 1. The second-order valence-corrected chi connectivity index (χ2v) is 4.42. The highest BCUT2D eigenvalue weighted by molar-refractivity contribution is 5.38. The molecule has 2 nitrogen and oxygen atoms in total. The molecule has 0 N–H and O–H groups in total. The molecule has 2 heteroatoms. The molecule has 0 radical (unpaired) electrons. The smallest absolute Gasteiger partial charge is 0.119 e. The van der Waals surface area contributed by atoms with Gasteiger partial charge in [0.05, 0.1) is 18.1 Å². The van der Waals surface area contributed by atoms with E-state index in [0.717, 1.165) is 37.2 Å². The summed E-state index contributed by atoms with van der Waals surface area (Å²) in [5.41, 5.74) is 0.939. The summed E-state index contributed by atoms with van der Waals surface area (Å²) in [6.07, 6.45) is 4.18. The van der Waals surface area contributed by atoms with E-state index in [0.29, 0.717) is 0 Å². The van der Waals surface area contributed by atoms with Crippen molar-refractivity contribution in [2.75, 3.05) is 6.61 Å². The van der Waals surface area contributed by atoms with Gasteiger partial charge < -0.3 is 4.74 Å². The van der Waals surface area contributed by atoms with E-state index in [4.69, 9.17) is 4.74 Å². The first-order valence-electron chi connectivity index (χ1n) is 5.95. The molecule has 16 heavy (non-hydrogen) atoms. The van der Waals surface area contributed by atoms with Gasteiger partial charge in [0, 0.05) is 0 Å². The average molecular weight is 215 g/mol. The van der Waals surface area contributed by atoms with Crippen LogP contribution in [0.1, 0.15) is 38.2 Å². The van der Waals surface area contributed by atoms with Crippen LogP contribution in [0, 0.1) is 11.3 Å². The standard InChI is InChI=1S/C14H17NO/c1-2-10-16-13-6-4-12(5-7-13)14(11-15)8-3-9-14/h4-7H,2-3,8-10H2,1H3. The van der Waals surface area contributed by atoms with E-state index < -0.39 is 0 Å². The van der Waals surface area contributed by atoms with E-state index in [1.165, 1.54) is 6.42 Å². The van der Waals surface area contributed by atoms with E-state index in [-0.39, 0.29) is 5.41 Å². The summed E-state index contributed by atoms with van der Waals surface area (Å²) in [5, 5.41) is 9.22. The first kappa shape index (κ1) is 11.0. The van der Waals surface area contributed by atoms with Crippen LogP contribution in [-0.2, 0) is 5.41 Å². The quantitative estimate of drug-likeness (QED) is 0.771. The zero-order valence-corrected chi connectivity index (χ0v) is 9.70. The van der Waals surface area contributed by atoms with Crippen LogP contribution < -0.4 is 4.74 Å². The summed E-state index contributed by atoms with van der Waals surface area (Å²) >= 11 is 0. The lowest BCUT2D eigenvalue weighted by molar-refractivity contribution is 0.313. The van der Waals surface area contributed by atoms with Crippen molar-refractivity contribution >= 4 is 0 Å². The minimum atomic E-state index is -0.205. The van der Waals surface area contributed by atoms with Crippen molar-refractivity contribution in [3.8, 4) is 11.8 Å². The molecule has 1 aromatic rings. The maximum absolute atomic E-state index is 9.22. The van der Waals surface area contributed by atoms with Crippen molar-refractivity contribution in [2.24, 2.45) is 0 Å². The Balaban J connectivity index is 2.10. The molecular weight excluding hydrogens is 198 g/mol. The summed E-state index contributed by atoms with van der Waals surface area (Å²) in [5.74, 6) is 0.901. The Morgan fingerprint density at radius 1 is 1.31 bits per heavy atom. The highest BCUT2D eigenvalue weighted by Crippen LogP contribution is 2.43. The molecule has 0 spiro atoms. The molecule has 2 rings (SSSR count). The van der Waals surface area contributed by atoms with E-state index in [9.17, 15) is 5.26 Å². The number of hydrogen-bond acceptors (Lipinski definition) is 2. The summed E-state index contributed by atoms with van der Waals surface area (Å²) in [7, 11) is 0. The molecule has 0 amide bonds. The molecule has 0 aliphatic heterocycles. The lowest BCUT2D eigenvalue weighted by atomic mass is 9.65. The normalized spacial score (nSPS) is 17.2. The molecule has 1 saturated carbocycles. The minimum Gasteiger partial charge on any atom is -0.494 e. The second kappa shape index (κ2) is 4.57. The fraction of sp³-hybridized carbons (Fsp3) is 0.500. The minimum absolute atomic E-state index is 0.205. The van der Waals surface area contributed by atoms with E-state index in [2.05, 4.69) is 13.0 Å². The van der Waals surface area contributed by atoms with Crippen molar-refractivity contribution in [3.63, 3.8) is 0 Å². The van der Waals surface area contributed by atoms with Crippen molar-refractivity contribution < 1.29 is 4.74 Å². The van der Waals surface area contributed by atoms with Crippen LogP contribution in [-0.4, -0.2) is 6.61 Å². The fourth-order valence-electron chi connectivity index (χ4n) is 2.09. The number of hydrogen-bond donors (Lipinski definition) is 0. The number of rotatable bonds is 4. The van der Waals surface area contributed by atoms with Gasteiger partial charge in [0.15, 0.2) is 0 Å². The fourth-order valence-corrected chi connectivity index (χ4v) is 2.09. The van der Waals surface area contributed by atoms with Gasteiger partial charge in [-0.1, -0.05) is 19.1 Å². The molecule has 0 bridgehead atoms. The molecule has 0 unspecified atom stereocenters. The van der Waals surface area contributed by atoms with E-state index in [1.807, 2.05) is 24.3 Å². The van der Waals surface area contributed by atoms with Gasteiger partial charge >= 0.3 is 0 Å². The van der Waals surface area contributed by atoms with Gasteiger partial charge in [-0.15, -0.1) is 0 Å². The summed E-state index contributed by atoms with van der Waals surface area (Å²) < 4.78 is 5.53. The molecule has 1 aromatic carbocycles. The molecule has 0 heterocycles. The van der Waals surface area contributed by atoms with Crippen molar-refractivity contribution in [2.45, 2.75) is 38.0 Å². The van der Waals surface area contributed by atoms with Gasteiger partial charge in [0.2, 0.25) is 0 Å².